The number of thiazole rings is 1. The Morgan fingerprint density at radius 1 is 1.16 bits per heavy atom. The van der Waals surface area contributed by atoms with Gasteiger partial charge in [-0.3, -0.25) is 9.59 Å². The zero-order valence-electron chi connectivity index (χ0n) is 20.6. The van der Waals surface area contributed by atoms with Gasteiger partial charge < -0.3 is 20.2 Å². The van der Waals surface area contributed by atoms with Crippen LogP contribution in [0.1, 0.15) is 71.8 Å². The average molecular weight is 560 g/mol. The van der Waals surface area contributed by atoms with Crippen molar-refractivity contribution in [1.82, 2.24) is 19.8 Å². The van der Waals surface area contributed by atoms with E-state index in [2.05, 4.69) is 15.3 Å². The van der Waals surface area contributed by atoms with Gasteiger partial charge in [0.1, 0.15) is 17.6 Å². The van der Waals surface area contributed by atoms with Gasteiger partial charge in [-0.05, 0) is 45.6 Å². The van der Waals surface area contributed by atoms with Gasteiger partial charge in [-0.25, -0.2) is 18.7 Å². The third-order valence-corrected chi connectivity index (χ3v) is 8.40. The van der Waals surface area contributed by atoms with Crippen molar-refractivity contribution in [3.8, 4) is 10.4 Å². The number of amides is 2. The van der Waals surface area contributed by atoms with E-state index in [0.717, 1.165) is 56.2 Å². The molecule has 2 bridgehead atoms. The fourth-order valence-electron chi connectivity index (χ4n) is 5.38. The number of nitrogens with zero attached hydrogens (tertiary/aromatic N) is 4. The second kappa shape index (κ2) is 9.40. The summed E-state index contributed by atoms with van der Waals surface area (Å²) in [5.41, 5.74) is -2.01. The number of carbonyl (C=O) groups is 2. The van der Waals surface area contributed by atoms with Gasteiger partial charge in [0, 0.05) is 29.4 Å². The van der Waals surface area contributed by atoms with Crippen LogP contribution in [0.15, 0.2) is 12.3 Å². The molecule has 206 valence electrons. The minimum atomic E-state index is -4.62. The number of nitrogens with one attached hydrogen (secondary N) is 1. The van der Waals surface area contributed by atoms with Gasteiger partial charge in [-0.2, -0.15) is 13.2 Å². The Bertz CT molecular complexity index is 1240. The molecule has 5 rings (SSSR count). The van der Waals surface area contributed by atoms with E-state index in [-0.39, 0.29) is 46.3 Å². The molecule has 0 saturated carbocycles. The molecule has 0 unspecified atom stereocenters. The van der Waals surface area contributed by atoms with E-state index in [0.29, 0.717) is 0 Å². The SMILES string of the molecule is C[C@H](Nc1cc(C(F)F)c(-c2sc(C(=O)N3CC(C)(O)C3)nc2C(=O)N2C3CCC2CC3)cn1)C(F)(F)F. The second-order valence-electron chi connectivity index (χ2n) is 10.4. The lowest BCUT2D eigenvalue weighted by molar-refractivity contribution is -0.138. The van der Waals surface area contributed by atoms with Gasteiger partial charge in [0.05, 0.1) is 23.6 Å². The fraction of sp³-hybridized carbons (Fsp3) is 0.583. The summed E-state index contributed by atoms with van der Waals surface area (Å²) >= 11 is 0.759. The number of rotatable bonds is 6. The third kappa shape index (κ3) is 4.83. The summed E-state index contributed by atoms with van der Waals surface area (Å²) in [5, 5.41) is 12.0. The average Bonchev–Trinajstić information content (AvgIpc) is 3.55. The maximum Gasteiger partial charge on any atom is 0.408 e. The Labute approximate surface area is 218 Å². The highest BCUT2D eigenvalue weighted by molar-refractivity contribution is 7.17. The number of hydrogen-bond acceptors (Lipinski definition) is 7. The Morgan fingerprint density at radius 3 is 2.29 bits per heavy atom. The van der Waals surface area contributed by atoms with Crippen LogP contribution in [0.5, 0.6) is 0 Å². The van der Waals surface area contributed by atoms with E-state index in [4.69, 9.17) is 0 Å². The van der Waals surface area contributed by atoms with Crippen molar-refractivity contribution in [2.24, 2.45) is 0 Å². The summed E-state index contributed by atoms with van der Waals surface area (Å²) in [7, 11) is 0. The van der Waals surface area contributed by atoms with Gasteiger partial charge in [0.2, 0.25) is 0 Å². The zero-order valence-corrected chi connectivity index (χ0v) is 21.4. The van der Waals surface area contributed by atoms with Crippen LogP contribution in [-0.2, 0) is 0 Å². The Hall–Kier alpha value is -2.87. The Kier molecular flexibility index (Phi) is 6.61. The van der Waals surface area contributed by atoms with Crippen molar-refractivity contribution >= 4 is 29.0 Å². The molecule has 2 amide bonds. The molecule has 3 saturated heterocycles. The smallest absolute Gasteiger partial charge is 0.386 e. The predicted octanol–water partition coefficient (Wildman–Crippen LogP) is 4.48. The van der Waals surface area contributed by atoms with Crippen molar-refractivity contribution in [2.45, 2.75) is 75.9 Å². The van der Waals surface area contributed by atoms with Gasteiger partial charge in [0.15, 0.2) is 5.01 Å². The molecule has 3 aliphatic rings. The summed E-state index contributed by atoms with van der Waals surface area (Å²) in [6.45, 7) is 2.52. The van der Waals surface area contributed by atoms with Crippen LogP contribution in [-0.4, -0.2) is 79.7 Å². The summed E-state index contributed by atoms with van der Waals surface area (Å²) in [5.74, 6) is -1.41. The van der Waals surface area contributed by atoms with Crippen molar-refractivity contribution in [3.05, 3.63) is 28.5 Å². The van der Waals surface area contributed by atoms with E-state index in [9.17, 15) is 36.6 Å². The quantitative estimate of drug-likeness (QED) is 0.507. The molecule has 2 aromatic heterocycles. The molecule has 1 atom stereocenters. The van der Waals surface area contributed by atoms with Crippen LogP contribution in [0.2, 0.25) is 0 Å². The molecule has 38 heavy (non-hydrogen) atoms. The summed E-state index contributed by atoms with van der Waals surface area (Å²) in [4.78, 5) is 38.0. The van der Waals surface area contributed by atoms with Gasteiger partial charge in [-0.15, -0.1) is 11.3 Å². The van der Waals surface area contributed by atoms with Crippen LogP contribution in [0, 0.1) is 0 Å². The highest BCUT2D eigenvalue weighted by Gasteiger charge is 2.45. The highest BCUT2D eigenvalue weighted by Crippen LogP contribution is 2.43. The van der Waals surface area contributed by atoms with Crippen LogP contribution >= 0.6 is 11.3 Å². The second-order valence-corrected chi connectivity index (χ2v) is 11.4. The van der Waals surface area contributed by atoms with E-state index in [1.54, 1.807) is 11.8 Å². The molecular weight excluding hydrogens is 533 g/mol. The molecule has 5 heterocycles. The minimum absolute atomic E-state index is 0.00908. The molecule has 0 aromatic carbocycles. The van der Waals surface area contributed by atoms with Crippen LogP contribution < -0.4 is 5.32 Å². The summed E-state index contributed by atoms with van der Waals surface area (Å²) in [6, 6.07) is -1.19. The molecule has 14 heteroatoms. The van der Waals surface area contributed by atoms with E-state index < -0.39 is 47.4 Å². The normalized spacial score (nSPS) is 23.1. The number of anilines is 1. The number of pyridine rings is 1. The first-order chi connectivity index (χ1) is 17.7. The number of aliphatic hydroxyl groups is 1. The van der Waals surface area contributed by atoms with Gasteiger partial charge >= 0.3 is 6.18 Å². The number of hydrogen-bond donors (Lipinski definition) is 2. The molecule has 0 radical (unpaired) electrons. The summed E-state index contributed by atoms with van der Waals surface area (Å²) < 4.78 is 67.3. The number of halogens is 5. The monoisotopic (exact) mass is 559 g/mol. The van der Waals surface area contributed by atoms with Crippen molar-refractivity contribution in [1.29, 1.82) is 0 Å². The molecule has 2 aromatic rings. The largest absolute Gasteiger partial charge is 0.408 e. The number of likely N-dealkylation sites (tertiary alicyclic amines) is 1. The Balaban J connectivity index is 1.55. The topological polar surface area (TPSA) is 98.7 Å². The molecule has 2 N–H and O–H groups in total. The molecule has 8 nitrogen and oxygen atoms in total. The molecule has 3 aliphatic heterocycles. The third-order valence-electron chi connectivity index (χ3n) is 7.32. The first kappa shape index (κ1) is 26.7. The lowest BCUT2D eigenvalue weighted by Crippen LogP contribution is -2.61. The summed E-state index contributed by atoms with van der Waals surface area (Å²) in [6.07, 6.45) is -3.43. The molecule has 0 aliphatic carbocycles. The van der Waals surface area contributed by atoms with Crippen LogP contribution in [0.25, 0.3) is 10.4 Å². The van der Waals surface area contributed by atoms with Gasteiger partial charge in [-0.1, -0.05) is 0 Å². The van der Waals surface area contributed by atoms with Crippen LogP contribution in [0.4, 0.5) is 27.8 Å². The fourth-order valence-corrected chi connectivity index (χ4v) is 6.44. The standard InChI is InChI=1S/C24H26F5N5O3S/c1-11(24(27,28)29)31-16-7-14(19(25)26)15(8-30-16)18-17(21(35)34-12-3-4-13(34)6-5-12)32-20(38-18)22(36)33-9-23(2,37)10-33/h7-8,11-13,19,37H,3-6,9-10H2,1-2H3,(H,30,31)/t11-,12?,13?/m0/s1. The number of carbonyl (C=O) groups excluding carboxylic acids is 2. The van der Waals surface area contributed by atoms with Crippen molar-refractivity contribution in [3.63, 3.8) is 0 Å². The number of β-amino-alcohol motifs (C(OH)–C–C–N with tert-alkyl or cyclic N) is 1. The predicted molar refractivity (Wildman–Crippen MR) is 128 cm³/mol. The number of fused-ring (bicyclic) bond motifs is 2. The van der Waals surface area contributed by atoms with E-state index in [1.807, 2.05) is 0 Å². The molecule has 3 fully saturated rings. The van der Waals surface area contributed by atoms with Gasteiger partial charge in [0.25, 0.3) is 18.2 Å². The minimum Gasteiger partial charge on any atom is -0.386 e. The van der Waals surface area contributed by atoms with E-state index >= 15 is 0 Å². The Morgan fingerprint density at radius 2 is 1.76 bits per heavy atom. The first-order valence-electron chi connectivity index (χ1n) is 12.2. The number of alkyl halides is 5. The lowest BCUT2D eigenvalue weighted by Gasteiger charge is -2.43. The van der Waals surface area contributed by atoms with Crippen LogP contribution in [0.3, 0.4) is 0 Å². The zero-order chi connectivity index (χ0) is 27.6. The molecular formula is C24H26F5N5O3S. The van der Waals surface area contributed by atoms with E-state index in [1.165, 1.54) is 4.90 Å². The molecule has 0 spiro atoms. The van der Waals surface area contributed by atoms with Crippen molar-refractivity contribution < 1.29 is 36.6 Å². The first-order valence-corrected chi connectivity index (χ1v) is 13.0. The highest BCUT2D eigenvalue weighted by atomic mass is 32.1. The maximum absolute atomic E-state index is 14.2. The lowest BCUT2D eigenvalue weighted by atomic mass is 9.97. The number of aromatic nitrogens is 2. The maximum atomic E-state index is 14.2. The van der Waals surface area contributed by atoms with Crippen molar-refractivity contribution in [2.75, 3.05) is 18.4 Å².